The molecule has 178 valence electrons. The van der Waals surface area contributed by atoms with Gasteiger partial charge >= 0.3 is 6.03 Å². The van der Waals surface area contributed by atoms with Gasteiger partial charge in [-0.05, 0) is 54.5 Å². The van der Waals surface area contributed by atoms with Crippen molar-refractivity contribution in [2.24, 2.45) is 0 Å². The van der Waals surface area contributed by atoms with Crippen LogP contribution in [-0.2, 0) is 16.2 Å². The average Bonchev–Trinajstić information content (AvgIpc) is 2.82. The number of rotatable bonds is 6. The van der Waals surface area contributed by atoms with Crippen LogP contribution in [0.5, 0.6) is 11.5 Å². The van der Waals surface area contributed by atoms with Crippen LogP contribution in [0, 0.1) is 6.92 Å². The first-order valence-electron chi connectivity index (χ1n) is 10.5. The molecule has 0 saturated carbocycles. The Morgan fingerprint density at radius 3 is 2.43 bits per heavy atom. The first kappa shape index (κ1) is 24.3. The monoisotopic (exact) mass is 510 g/mol. The Labute approximate surface area is 211 Å². The lowest BCUT2D eigenvalue weighted by molar-refractivity contribution is -0.122. The van der Waals surface area contributed by atoms with E-state index >= 15 is 0 Å². The van der Waals surface area contributed by atoms with Crippen molar-refractivity contribution in [3.05, 3.63) is 93.0 Å². The number of aryl methyl sites for hydroxylation is 1. The third kappa shape index (κ3) is 5.31. The summed E-state index contributed by atoms with van der Waals surface area (Å²) in [6.07, 6.45) is 1.33. The van der Waals surface area contributed by atoms with Gasteiger partial charge in [-0.25, -0.2) is 9.69 Å². The minimum atomic E-state index is -0.866. The van der Waals surface area contributed by atoms with Crippen LogP contribution in [0.3, 0.4) is 0 Å². The van der Waals surface area contributed by atoms with Gasteiger partial charge in [0.15, 0.2) is 11.5 Å². The molecule has 7 nitrogen and oxygen atoms in total. The fourth-order valence-electron chi connectivity index (χ4n) is 3.48. The molecule has 1 heterocycles. The molecule has 35 heavy (non-hydrogen) atoms. The fourth-order valence-corrected chi connectivity index (χ4v) is 3.94. The second-order valence-electron chi connectivity index (χ2n) is 7.75. The number of carbonyl (C=O) groups is 3. The minimum absolute atomic E-state index is 0.230. The van der Waals surface area contributed by atoms with Crippen LogP contribution in [0.15, 0.2) is 66.2 Å². The summed E-state index contributed by atoms with van der Waals surface area (Å²) in [6, 6.07) is 16.3. The molecule has 0 aromatic heterocycles. The lowest BCUT2D eigenvalue weighted by Gasteiger charge is -2.26. The zero-order valence-electron chi connectivity index (χ0n) is 18.8. The number of hydrogen-bond acceptors (Lipinski definition) is 5. The van der Waals surface area contributed by atoms with Crippen molar-refractivity contribution in [3.63, 3.8) is 0 Å². The van der Waals surface area contributed by atoms with E-state index in [2.05, 4.69) is 5.32 Å². The molecule has 0 bridgehead atoms. The molecule has 0 unspecified atom stereocenters. The van der Waals surface area contributed by atoms with E-state index in [1.54, 1.807) is 24.3 Å². The minimum Gasteiger partial charge on any atom is -0.493 e. The Morgan fingerprint density at radius 2 is 1.74 bits per heavy atom. The first-order chi connectivity index (χ1) is 16.8. The van der Waals surface area contributed by atoms with Crippen LogP contribution in [0.1, 0.15) is 16.7 Å². The van der Waals surface area contributed by atoms with Crippen LogP contribution in [0.4, 0.5) is 10.5 Å². The molecule has 1 fully saturated rings. The number of benzene rings is 3. The molecule has 4 rings (SSSR count). The zero-order chi connectivity index (χ0) is 25.1. The Balaban J connectivity index is 1.64. The van der Waals surface area contributed by atoms with Crippen LogP contribution >= 0.6 is 23.2 Å². The van der Waals surface area contributed by atoms with Gasteiger partial charge in [0.2, 0.25) is 0 Å². The smallest absolute Gasteiger partial charge is 0.335 e. The van der Waals surface area contributed by atoms with Gasteiger partial charge in [0.05, 0.1) is 17.8 Å². The van der Waals surface area contributed by atoms with Crippen molar-refractivity contribution in [2.75, 3.05) is 12.0 Å². The Bertz CT molecular complexity index is 1350. The number of carbonyl (C=O) groups excluding carboxylic acids is 3. The van der Waals surface area contributed by atoms with Crippen molar-refractivity contribution in [1.82, 2.24) is 5.32 Å². The van der Waals surface area contributed by atoms with Gasteiger partial charge < -0.3 is 9.47 Å². The molecule has 0 spiro atoms. The second-order valence-corrected chi connectivity index (χ2v) is 8.59. The number of urea groups is 1. The normalized spacial score (nSPS) is 14.8. The SMILES string of the molecule is COc1cc(/C=C2\C(=O)NC(=O)N(c3cccc(Cl)c3)C2=O)cc(Cl)c1OCc1ccc(C)cc1. The summed E-state index contributed by atoms with van der Waals surface area (Å²) in [5, 5.41) is 2.74. The number of halogens is 2. The highest BCUT2D eigenvalue weighted by atomic mass is 35.5. The van der Waals surface area contributed by atoms with E-state index in [-0.39, 0.29) is 22.9 Å². The number of ether oxygens (including phenoxy) is 2. The molecular weight excluding hydrogens is 491 g/mol. The van der Waals surface area contributed by atoms with E-state index < -0.39 is 17.8 Å². The van der Waals surface area contributed by atoms with Crippen LogP contribution in [0.2, 0.25) is 10.0 Å². The third-order valence-corrected chi connectivity index (χ3v) is 5.75. The number of methoxy groups -OCH3 is 1. The Morgan fingerprint density at radius 1 is 1.00 bits per heavy atom. The van der Waals surface area contributed by atoms with Crippen LogP contribution < -0.4 is 19.7 Å². The van der Waals surface area contributed by atoms with Gasteiger partial charge in [-0.1, -0.05) is 59.1 Å². The van der Waals surface area contributed by atoms with Crippen molar-refractivity contribution in [3.8, 4) is 11.5 Å². The number of amides is 4. The summed E-state index contributed by atoms with van der Waals surface area (Å²) in [6.45, 7) is 2.27. The van der Waals surface area contributed by atoms with E-state index in [0.717, 1.165) is 16.0 Å². The summed E-state index contributed by atoms with van der Waals surface area (Å²) < 4.78 is 11.3. The number of nitrogens with one attached hydrogen (secondary N) is 1. The van der Waals surface area contributed by atoms with Gasteiger partial charge in [0.25, 0.3) is 11.8 Å². The highest BCUT2D eigenvalue weighted by molar-refractivity contribution is 6.39. The van der Waals surface area contributed by atoms with Gasteiger partial charge in [-0.15, -0.1) is 0 Å². The predicted octanol–water partition coefficient (Wildman–Crippen LogP) is 5.56. The van der Waals surface area contributed by atoms with E-state index in [1.165, 1.54) is 25.3 Å². The molecule has 4 amide bonds. The van der Waals surface area contributed by atoms with Crippen LogP contribution in [-0.4, -0.2) is 25.0 Å². The zero-order valence-corrected chi connectivity index (χ0v) is 20.3. The predicted molar refractivity (Wildman–Crippen MR) is 134 cm³/mol. The maximum atomic E-state index is 13.1. The average molecular weight is 511 g/mol. The van der Waals surface area contributed by atoms with E-state index in [9.17, 15) is 14.4 Å². The topological polar surface area (TPSA) is 84.9 Å². The largest absolute Gasteiger partial charge is 0.493 e. The highest BCUT2D eigenvalue weighted by Crippen LogP contribution is 2.38. The summed E-state index contributed by atoms with van der Waals surface area (Å²) in [5.41, 5.74) is 2.48. The number of barbiturate groups is 1. The summed E-state index contributed by atoms with van der Waals surface area (Å²) in [4.78, 5) is 38.8. The second kappa shape index (κ2) is 10.2. The lowest BCUT2D eigenvalue weighted by atomic mass is 10.1. The van der Waals surface area contributed by atoms with Crippen molar-refractivity contribution in [1.29, 1.82) is 0 Å². The molecule has 1 N–H and O–H groups in total. The number of imide groups is 2. The van der Waals surface area contributed by atoms with Gasteiger partial charge in [0.1, 0.15) is 12.2 Å². The summed E-state index contributed by atoms with van der Waals surface area (Å²) in [7, 11) is 1.46. The van der Waals surface area contributed by atoms with Crippen LogP contribution in [0.25, 0.3) is 6.08 Å². The standard InChI is InChI=1S/C26H20Cl2N2O5/c1-15-6-8-16(9-7-15)14-35-23-21(28)11-17(12-22(23)34-2)10-20-24(31)29-26(33)30(25(20)32)19-5-3-4-18(27)13-19/h3-13H,14H2,1-2H3,(H,29,31,33)/b20-10+. The number of nitrogens with zero attached hydrogens (tertiary/aromatic N) is 1. The number of hydrogen-bond donors (Lipinski definition) is 1. The summed E-state index contributed by atoms with van der Waals surface area (Å²) in [5.74, 6) is -0.973. The van der Waals surface area contributed by atoms with Gasteiger partial charge in [-0.2, -0.15) is 0 Å². The van der Waals surface area contributed by atoms with E-state index in [1.807, 2.05) is 31.2 Å². The summed E-state index contributed by atoms with van der Waals surface area (Å²) >= 11 is 12.5. The third-order valence-electron chi connectivity index (χ3n) is 5.23. The molecule has 1 saturated heterocycles. The van der Waals surface area contributed by atoms with Gasteiger partial charge in [-0.3, -0.25) is 14.9 Å². The maximum absolute atomic E-state index is 13.1. The molecule has 1 aliphatic heterocycles. The maximum Gasteiger partial charge on any atom is 0.335 e. The van der Waals surface area contributed by atoms with E-state index in [0.29, 0.717) is 22.1 Å². The van der Waals surface area contributed by atoms with Crippen molar-refractivity contribution < 1.29 is 23.9 Å². The quantitative estimate of drug-likeness (QED) is 0.346. The van der Waals surface area contributed by atoms with Crippen molar-refractivity contribution in [2.45, 2.75) is 13.5 Å². The molecule has 9 heteroatoms. The van der Waals surface area contributed by atoms with Crippen molar-refractivity contribution >= 4 is 52.8 Å². The lowest BCUT2D eigenvalue weighted by Crippen LogP contribution is -2.54. The fraction of sp³-hybridized carbons (Fsp3) is 0.115. The molecule has 0 aliphatic carbocycles. The first-order valence-corrected chi connectivity index (χ1v) is 11.3. The van der Waals surface area contributed by atoms with Gasteiger partial charge in [0, 0.05) is 5.02 Å². The molecule has 0 atom stereocenters. The molecule has 3 aromatic carbocycles. The Hall–Kier alpha value is -3.81. The Kier molecular flexibility index (Phi) is 7.10. The molecule has 3 aromatic rings. The molecular formula is C26H20Cl2N2O5. The highest BCUT2D eigenvalue weighted by Gasteiger charge is 2.37. The molecule has 1 aliphatic rings. The van der Waals surface area contributed by atoms with E-state index in [4.69, 9.17) is 32.7 Å². The number of anilines is 1. The molecule has 0 radical (unpaired) electrons.